The first-order chi connectivity index (χ1) is 7.31. The maximum Gasteiger partial charge on any atom is 0.293 e. The van der Waals surface area contributed by atoms with Crippen molar-refractivity contribution in [1.29, 1.82) is 0 Å². The number of carbonyl (C=O) groups is 1. The van der Waals surface area contributed by atoms with Crippen molar-refractivity contribution in [3.63, 3.8) is 0 Å². The lowest BCUT2D eigenvalue weighted by Crippen LogP contribution is -1.99. The number of carbonyl (C=O) groups excluding carboxylic acids is 1. The van der Waals surface area contributed by atoms with Gasteiger partial charge in [-0.1, -0.05) is 0 Å². The Morgan fingerprint density at radius 1 is 1.53 bits per heavy atom. The van der Waals surface area contributed by atoms with E-state index in [9.17, 15) is 4.79 Å². The van der Waals surface area contributed by atoms with Gasteiger partial charge in [0.05, 0.1) is 6.61 Å². The van der Waals surface area contributed by atoms with Crippen LogP contribution in [0, 0.1) is 0 Å². The molecule has 5 heteroatoms. The van der Waals surface area contributed by atoms with Gasteiger partial charge >= 0.3 is 0 Å². The summed E-state index contributed by atoms with van der Waals surface area (Å²) in [7, 11) is 0. The Hall–Kier alpha value is -1.36. The highest BCUT2D eigenvalue weighted by Crippen LogP contribution is 2.13. The van der Waals surface area contributed by atoms with E-state index < -0.39 is 0 Å². The third-order valence-electron chi connectivity index (χ3n) is 2.09. The van der Waals surface area contributed by atoms with E-state index in [0.29, 0.717) is 19.5 Å². The molecule has 2 aromatic rings. The average Bonchev–Trinajstić information content (AvgIpc) is 2.62. The summed E-state index contributed by atoms with van der Waals surface area (Å²) in [4.78, 5) is 14.2. The van der Waals surface area contributed by atoms with Gasteiger partial charge < -0.3 is 9.14 Å². The van der Waals surface area contributed by atoms with E-state index in [1.54, 1.807) is 6.20 Å². The van der Waals surface area contributed by atoms with Crippen molar-refractivity contribution < 1.29 is 9.53 Å². The van der Waals surface area contributed by atoms with Crippen molar-refractivity contribution in [3.05, 3.63) is 34.7 Å². The molecule has 0 saturated carbocycles. The Labute approximate surface area is 95.0 Å². The van der Waals surface area contributed by atoms with Gasteiger partial charge in [0.1, 0.15) is 5.65 Å². The molecule has 0 bridgehead atoms. The summed E-state index contributed by atoms with van der Waals surface area (Å²) in [6, 6.07) is 3.86. The lowest BCUT2D eigenvalue weighted by molar-refractivity contribution is -0.128. The van der Waals surface area contributed by atoms with Gasteiger partial charge in [-0.3, -0.25) is 4.79 Å². The topological polar surface area (TPSA) is 43.6 Å². The first-order valence-electron chi connectivity index (χ1n) is 4.48. The second-order valence-corrected chi connectivity index (χ2v) is 3.96. The monoisotopic (exact) mass is 268 g/mol. The molecule has 0 spiro atoms. The van der Waals surface area contributed by atoms with E-state index in [4.69, 9.17) is 0 Å². The Bertz CT molecular complexity index is 481. The summed E-state index contributed by atoms with van der Waals surface area (Å²) in [5.74, 6) is 0. The quantitative estimate of drug-likeness (QED) is 0.628. The molecule has 0 aliphatic carbocycles. The number of ether oxygens (including phenoxy) is 1. The highest BCUT2D eigenvalue weighted by molar-refractivity contribution is 9.10. The molecule has 78 valence electrons. The Kier molecular flexibility index (Phi) is 3.01. The van der Waals surface area contributed by atoms with Crippen LogP contribution in [0.15, 0.2) is 29.0 Å². The van der Waals surface area contributed by atoms with Gasteiger partial charge in [0, 0.05) is 29.0 Å². The minimum Gasteiger partial charge on any atom is -0.467 e. The number of hydrogen-bond donors (Lipinski definition) is 0. The summed E-state index contributed by atoms with van der Waals surface area (Å²) >= 11 is 3.40. The zero-order chi connectivity index (χ0) is 10.7. The van der Waals surface area contributed by atoms with Crippen LogP contribution in [0.4, 0.5) is 0 Å². The third-order valence-corrected chi connectivity index (χ3v) is 2.56. The van der Waals surface area contributed by atoms with Gasteiger partial charge in [-0.2, -0.15) is 0 Å². The molecule has 0 saturated heterocycles. The summed E-state index contributed by atoms with van der Waals surface area (Å²) in [5, 5.41) is 0. The van der Waals surface area contributed by atoms with Gasteiger partial charge in [0.2, 0.25) is 0 Å². The highest BCUT2D eigenvalue weighted by atomic mass is 79.9. The number of nitrogens with zero attached hydrogens (tertiary/aromatic N) is 2. The summed E-state index contributed by atoms with van der Waals surface area (Å²) in [6.07, 6.45) is 4.39. The molecule has 0 radical (unpaired) electrons. The van der Waals surface area contributed by atoms with Gasteiger partial charge in [0.15, 0.2) is 0 Å². The molecule has 4 nitrogen and oxygen atoms in total. The fourth-order valence-electron chi connectivity index (χ4n) is 1.40. The number of fused-ring (bicyclic) bond motifs is 1. The number of hydrogen-bond acceptors (Lipinski definition) is 3. The summed E-state index contributed by atoms with van der Waals surface area (Å²) in [5.41, 5.74) is 1.91. The number of pyridine rings is 1. The Balaban J connectivity index is 2.27. The van der Waals surface area contributed by atoms with E-state index in [1.807, 2.05) is 22.7 Å². The fraction of sp³-hybridized carbons (Fsp3) is 0.200. The molecule has 0 aliphatic rings. The third kappa shape index (κ3) is 2.18. The molecule has 0 amide bonds. The van der Waals surface area contributed by atoms with Crippen LogP contribution in [0.1, 0.15) is 5.69 Å². The molecule has 15 heavy (non-hydrogen) atoms. The average molecular weight is 269 g/mol. The molecule has 0 N–H and O–H groups in total. The van der Waals surface area contributed by atoms with Crippen molar-refractivity contribution in [2.75, 3.05) is 6.61 Å². The van der Waals surface area contributed by atoms with Crippen LogP contribution in [-0.2, 0) is 16.0 Å². The predicted octanol–water partition coefficient (Wildman–Crippen LogP) is 1.81. The molecular weight excluding hydrogens is 260 g/mol. The molecule has 0 unspecified atom stereocenters. The van der Waals surface area contributed by atoms with E-state index in [0.717, 1.165) is 15.8 Å². The van der Waals surface area contributed by atoms with Crippen LogP contribution in [0.3, 0.4) is 0 Å². The first-order valence-corrected chi connectivity index (χ1v) is 5.27. The Morgan fingerprint density at radius 3 is 3.20 bits per heavy atom. The van der Waals surface area contributed by atoms with Crippen LogP contribution in [-0.4, -0.2) is 22.5 Å². The van der Waals surface area contributed by atoms with E-state index >= 15 is 0 Å². The maximum absolute atomic E-state index is 10.00. The summed E-state index contributed by atoms with van der Waals surface area (Å²) < 4.78 is 7.61. The van der Waals surface area contributed by atoms with Gasteiger partial charge in [-0.05, 0) is 28.1 Å². The van der Waals surface area contributed by atoms with Crippen molar-refractivity contribution in [2.24, 2.45) is 0 Å². The minimum absolute atomic E-state index is 0.379. The van der Waals surface area contributed by atoms with Crippen molar-refractivity contribution in [1.82, 2.24) is 9.38 Å². The standard InChI is InChI=1S/C10H9BrN2O2/c11-8-1-2-10-12-5-9(13(10)6-8)3-4-15-7-14/h1-2,5-7H,3-4H2. The molecule has 0 fully saturated rings. The van der Waals surface area contributed by atoms with Gasteiger partial charge in [-0.25, -0.2) is 4.98 Å². The van der Waals surface area contributed by atoms with Crippen molar-refractivity contribution in [2.45, 2.75) is 6.42 Å². The summed E-state index contributed by atoms with van der Waals surface area (Å²) in [6.45, 7) is 0.836. The normalized spacial score (nSPS) is 10.5. The molecule has 2 rings (SSSR count). The predicted molar refractivity (Wildman–Crippen MR) is 58.6 cm³/mol. The van der Waals surface area contributed by atoms with Crippen LogP contribution >= 0.6 is 15.9 Å². The first kappa shape index (κ1) is 10.2. The smallest absolute Gasteiger partial charge is 0.293 e. The maximum atomic E-state index is 10.00. The van der Waals surface area contributed by atoms with Crippen LogP contribution in [0.25, 0.3) is 5.65 Å². The zero-order valence-electron chi connectivity index (χ0n) is 7.89. The molecular formula is C10H9BrN2O2. The number of aromatic nitrogens is 2. The van der Waals surface area contributed by atoms with Crippen LogP contribution in [0.2, 0.25) is 0 Å². The lowest BCUT2D eigenvalue weighted by atomic mass is 10.3. The van der Waals surface area contributed by atoms with E-state index in [-0.39, 0.29) is 0 Å². The Morgan fingerprint density at radius 2 is 2.40 bits per heavy atom. The second-order valence-electron chi connectivity index (χ2n) is 3.04. The van der Waals surface area contributed by atoms with Crippen molar-refractivity contribution in [3.8, 4) is 0 Å². The van der Waals surface area contributed by atoms with Crippen LogP contribution < -0.4 is 0 Å². The number of rotatable bonds is 4. The van der Waals surface area contributed by atoms with E-state index in [2.05, 4.69) is 25.7 Å². The van der Waals surface area contributed by atoms with Gasteiger partial charge in [0.25, 0.3) is 6.47 Å². The van der Waals surface area contributed by atoms with Crippen LogP contribution in [0.5, 0.6) is 0 Å². The molecule has 2 heterocycles. The van der Waals surface area contributed by atoms with E-state index in [1.165, 1.54) is 0 Å². The molecule has 0 atom stereocenters. The van der Waals surface area contributed by atoms with Gasteiger partial charge in [-0.15, -0.1) is 0 Å². The number of halogens is 1. The molecule has 0 aliphatic heterocycles. The largest absolute Gasteiger partial charge is 0.467 e. The number of imidazole rings is 1. The zero-order valence-corrected chi connectivity index (χ0v) is 9.48. The molecule has 2 aromatic heterocycles. The minimum atomic E-state index is 0.379. The highest BCUT2D eigenvalue weighted by Gasteiger charge is 2.03. The lowest BCUT2D eigenvalue weighted by Gasteiger charge is -2.01. The SMILES string of the molecule is O=COCCc1cnc2ccc(Br)cn12. The van der Waals surface area contributed by atoms with Crippen molar-refractivity contribution >= 4 is 28.0 Å². The fourth-order valence-corrected chi connectivity index (χ4v) is 1.74. The second kappa shape index (κ2) is 4.44. The molecule has 0 aromatic carbocycles.